The predicted octanol–water partition coefficient (Wildman–Crippen LogP) is 3.18. The number of benzene rings is 2. The topological polar surface area (TPSA) is 68.8 Å². The van der Waals surface area contributed by atoms with Crippen molar-refractivity contribution < 1.29 is 27.8 Å². The highest BCUT2D eigenvalue weighted by atomic mass is 19.2. The molecule has 2 N–H and O–H groups in total. The van der Waals surface area contributed by atoms with Crippen LogP contribution in [-0.4, -0.2) is 33.4 Å². The largest absolute Gasteiger partial charge is 0.497 e. The van der Waals surface area contributed by atoms with Gasteiger partial charge in [0.05, 0.1) is 26.5 Å². The van der Waals surface area contributed by atoms with Crippen molar-refractivity contribution in [3.63, 3.8) is 0 Å². The van der Waals surface area contributed by atoms with Crippen LogP contribution in [0.2, 0.25) is 0 Å². The Morgan fingerprint density at radius 3 is 2.44 bits per heavy atom. The molecule has 0 aliphatic carbocycles. The molecular formula is C17H18F2N2O4. The van der Waals surface area contributed by atoms with Crippen molar-refractivity contribution in [2.45, 2.75) is 0 Å². The molecule has 134 valence electrons. The fourth-order valence-electron chi connectivity index (χ4n) is 1.97. The van der Waals surface area contributed by atoms with E-state index in [0.717, 1.165) is 12.1 Å². The molecule has 2 aromatic carbocycles. The van der Waals surface area contributed by atoms with Crippen LogP contribution in [0.5, 0.6) is 17.2 Å². The molecule has 0 saturated carbocycles. The highest BCUT2D eigenvalue weighted by Gasteiger charge is 2.09. The van der Waals surface area contributed by atoms with Gasteiger partial charge in [-0.15, -0.1) is 0 Å². The van der Waals surface area contributed by atoms with E-state index in [1.54, 1.807) is 18.2 Å². The summed E-state index contributed by atoms with van der Waals surface area (Å²) in [6, 6.07) is 7.73. The first-order valence-corrected chi connectivity index (χ1v) is 7.38. The molecule has 0 atom stereocenters. The van der Waals surface area contributed by atoms with E-state index in [1.807, 2.05) is 0 Å². The average molecular weight is 352 g/mol. The van der Waals surface area contributed by atoms with Crippen LogP contribution in [0.15, 0.2) is 36.4 Å². The molecule has 0 radical (unpaired) electrons. The van der Waals surface area contributed by atoms with E-state index >= 15 is 0 Å². The molecule has 0 spiro atoms. The minimum atomic E-state index is -0.991. The van der Waals surface area contributed by atoms with Gasteiger partial charge >= 0.3 is 6.03 Å². The summed E-state index contributed by atoms with van der Waals surface area (Å²) in [5.41, 5.74) is 0.474. The Bertz CT molecular complexity index is 741. The lowest BCUT2D eigenvalue weighted by molar-refractivity contribution is 0.247. The maximum atomic E-state index is 13.0. The first-order chi connectivity index (χ1) is 12.0. The fraction of sp³-hybridized carbons (Fsp3) is 0.235. The minimum Gasteiger partial charge on any atom is -0.497 e. The lowest BCUT2D eigenvalue weighted by Gasteiger charge is -2.12. The number of methoxy groups -OCH3 is 2. The van der Waals surface area contributed by atoms with Crippen molar-refractivity contribution in [1.82, 2.24) is 5.32 Å². The Labute approximate surface area is 143 Å². The number of halogens is 2. The molecule has 0 heterocycles. The predicted molar refractivity (Wildman–Crippen MR) is 88.4 cm³/mol. The molecule has 0 fully saturated rings. The number of hydrogen-bond donors (Lipinski definition) is 2. The van der Waals surface area contributed by atoms with Gasteiger partial charge in [-0.2, -0.15) is 0 Å². The summed E-state index contributed by atoms with van der Waals surface area (Å²) < 4.78 is 41.3. The quantitative estimate of drug-likeness (QED) is 0.751. The third kappa shape index (κ3) is 5.23. The number of nitrogens with one attached hydrogen (secondary N) is 2. The average Bonchev–Trinajstić information content (AvgIpc) is 2.62. The zero-order valence-corrected chi connectivity index (χ0v) is 13.8. The first-order valence-electron chi connectivity index (χ1n) is 7.38. The lowest BCUT2D eigenvalue weighted by atomic mass is 10.2. The van der Waals surface area contributed by atoms with Gasteiger partial charge in [0.2, 0.25) is 0 Å². The number of amides is 2. The smallest absolute Gasteiger partial charge is 0.319 e. The van der Waals surface area contributed by atoms with Crippen LogP contribution >= 0.6 is 0 Å². The molecule has 0 saturated heterocycles. The molecule has 0 aliphatic heterocycles. The zero-order valence-electron chi connectivity index (χ0n) is 13.8. The molecule has 0 bridgehead atoms. The monoisotopic (exact) mass is 352 g/mol. The van der Waals surface area contributed by atoms with E-state index in [4.69, 9.17) is 14.2 Å². The fourth-order valence-corrected chi connectivity index (χ4v) is 1.97. The number of hydrogen-bond acceptors (Lipinski definition) is 4. The van der Waals surface area contributed by atoms with Gasteiger partial charge in [0.25, 0.3) is 0 Å². The van der Waals surface area contributed by atoms with Crippen molar-refractivity contribution in [1.29, 1.82) is 0 Å². The zero-order chi connectivity index (χ0) is 18.2. The summed E-state index contributed by atoms with van der Waals surface area (Å²) in [4.78, 5) is 11.9. The van der Waals surface area contributed by atoms with Crippen LogP contribution in [0.1, 0.15) is 0 Å². The molecule has 25 heavy (non-hydrogen) atoms. The molecule has 2 amide bonds. The number of carbonyl (C=O) groups is 1. The summed E-state index contributed by atoms with van der Waals surface area (Å²) in [6.45, 7) is 0.265. The Kier molecular flexibility index (Phi) is 6.39. The van der Waals surface area contributed by atoms with E-state index < -0.39 is 17.7 Å². The summed E-state index contributed by atoms with van der Waals surface area (Å²) >= 11 is 0. The van der Waals surface area contributed by atoms with E-state index in [2.05, 4.69) is 10.6 Å². The first kappa shape index (κ1) is 18.3. The molecule has 8 heteroatoms. The van der Waals surface area contributed by atoms with Gasteiger partial charge in [-0.05, 0) is 24.3 Å². The van der Waals surface area contributed by atoms with Gasteiger partial charge < -0.3 is 24.8 Å². The molecule has 0 unspecified atom stereocenters. The summed E-state index contributed by atoms with van der Waals surface area (Å²) in [5.74, 6) is -0.707. The molecule has 2 aromatic rings. The normalized spacial score (nSPS) is 10.1. The van der Waals surface area contributed by atoms with E-state index in [0.29, 0.717) is 17.2 Å². The Morgan fingerprint density at radius 1 is 1.00 bits per heavy atom. The number of anilines is 1. The highest BCUT2D eigenvalue weighted by Crippen LogP contribution is 2.28. The maximum absolute atomic E-state index is 13.0. The van der Waals surface area contributed by atoms with Crippen LogP contribution < -0.4 is 24.8 Å². The maximum Gasteiger partial charge on any atom is 0.319 e. The molecule has 2 rings (SSSR count). The highest BCUT2D eigenvalue weighted by molar-refractivity contribution is 5.91. The Hall–Kier alpha value is -3.03. The second-order valence-corrected chi connectivity index (χ2v) is 4.87. The van der Waals surface area contributed by atoms with Crippen LogP contribution in [-0.2, 0) is 0 Å². The Morgan fingerprint density at radius 2 is 1.76 bits per heavy atom. The number of ether oxygens (including phenoxy) is 3. The third-order valence-corrected chi connectivity index (χ3v) is 3.20. The minimum absolute atomic E-state index is 0.0955. The standard InChI is InChI=1S/C17H18F2N2O4/c1-23-11-4-6-15(16(10-11)24-2)21-17(22)20-7-8-25-12-3-5-13(18)14(19)9-12/h3-6,9-10H,7-8H2,1-2H3,(H2,20,21,22). The molecule has 6 nitrogen and oxygen atoms in total. The van der Waals surface area contributed by atoms with Gasteiger partial charge in [0, 0.05) is 12.1 Å². The van der Waals surface area contributed by atoms with Gasteiger partial charge in [-0.1, -0.05) is 0 Å². The molecule has 0 aromatic heterocycles. The number of rotatable bonds is 7. The van der Waals surface area contributed by atoms with Gasteiger partial charge in [0.1, 0.15) is 23.9 Å². The van der Waals surface area contributed by atoms with Crippen molar-refractivity contribution in [2.75, 3.05) is 32.7 Å². The van der Waals surface area contributed by atoms with Crippen LogP contribution in [0.25, 0.3) is 0 Å². The van der Waals surface area contributed by atoms with Gasteiger partial charge in [-0.25, -0.2) is 13.6 Å². The number of carbonyl (C=O) groups excluding carboxylic acids is 1. The third-order valence-electron chi connectivity index (χ3n) is 3.20. The Balaban J connectivity index is 1.80. The van der Waals surface area contributed by atoms with Crippen molar-refractivity contribution in [3.05, 3.63) is 48.0 Å². The summed E-state index contributed by atoms with van der Waals surface area (Å²) in [6.07, 6.45) is 0. The SMILES string of the molecule is COc1ccc(NC(=O)NCCOc2ccc(F)c(F)c2)c(OC)c1. The number of urea groups is 1. The van der Waals surface area contributed by atoms with Gasteiger partial charge in [0.15, 0.2) is 11.6 Å². The van der Waals surface area contributed by atoms with Crippen LogP contribution in [0.3, 0.4) is 0 Å². The van der Waals surface area contributed by atoms with E-state index in [9.17, 15) is 13.6 Å². The van der Waals surface area contributed by atoms with Crippen molar-refractivity contribution in [2.24, 2.45) is 0 Å². The van der Waals surface area contributed by atoms with Crippen LogP contribution in [0.4, 0.5) is 19.3 Å². The molecule has 0 aliphatic rings. The van der Waals surface area contributed by atoms with E-state index in [-0.39, 0.29) is 18.9 Å². The lowest BCUT2D eigenvalue weighted by Crippen LogP contribution is -2.32. The van der Waals surface area contributed by atoms with Crippen LogP contribution in [0, 0.1) is 11.6 Å². The summed E-state index contributed by atoms with van der Waals surface area (Å²) in [5, 5.41) is 5.21. The van der Waals surface area contributed by atoms with Crippen molar-refractivity contribution in [3.8, 4) is 17.2 Å². The second-order valence-electron chi connectivity index (χ2n) is 4.87. The van der Waals surface area contributed by atoms with Crippen molar-refractivity contribution >= 4 is 11.7 Å². The van der Waals surface area contributed by atoms with Gasteiger partial charge in [-0.3, -0.25) is 0 Å². The summed E-state index contributed by atoms with van der Waals surface area (Å²) in [7, 11) is 3.01. The van der Waals surface area contributed by atoms with E-state index in [1.165, 1.54) is 20.3 Å². The molecular weight excluding hydrogens is 334 g/mol. The second kappa shape index (κ2) is 8.72.